The first-order valence-electron chi connectivity index (χ1n) is 9.16. The Morgan fingerprint density at radius 1 is 1.07 bits per heavy atom. The molecule has 0 atom stereocenters. The molecule has 0 radical (unpaired) electrons. The number of nitro groups is 1. The van der Waals surface area contributed by atoms with Crippen LogP contribution >= 0.6 is 11.6 Å². The Kier molecular flexibility index (Phi) is 5.11. The Hall–Kier alpha value is -3.49. The lowest BCUT2D eigenvalue weighted by Gasteiger charge is -2.27. The molecule has 152 valence electrons. The number of benzene rings is 3. The molecule has 3 aromatic carbocycles. The summed E-state index contributed by atoms with van der Waals surface area (Å²) in [5, 5.41) is 25.0. The maximum Gasteiger partial charge on any atom is 0.294 e. The van der Waals surface area contributed by atoms with Gasteiger partial charge in [-0.2, -0.15) is 0 Å². The van der Waals surface area contributed by atoms with Crippen molar-refractivity contribution in [2.75, 3.05) is 18.5 Å². The maximum absolute atomic E-state index is 13.0. The zero-order valence-electron chi connectivity index (χ0n) is 15.6. The molecule has 3 aromatic rings. The predicted octanol–water partition coefficient (Wildman–Crippen LogP) is 4.12. The van der Waals surface area contributed by atoms with Gasteiger partial charge >= 0.3 is 0 Å². The van der Waals surface area contributed by atoms with Gasteiger partial charge in [0.05, 0.1) is 21.2 Å². The number of halogens is 1. The number of anilines is 2. The van der Waals surface area contributed by atoms with Gasteiger partial charge < -0.3 is 10.4 Å². The number of nitro benzene ring substituents is 1. The molecule has 0 spiro atoms. The highest BCUT2D eigenvalue weighted by Gasteiger charge is 2.35. The molecule has 2 amide bonds. The van der Waals surface area contributed by atoms with Crippen LogP contribution in [0.25, 0.3) is 10.8 Å². The highest BCUT2D eigenvalue weighted by Crippen LogP contribution is 2.42. The van der Waals surface area contributed by atoms with Gasteiger partial charge in [0.15, 0.2) is 0 Å². The Morgan fingerprint density at radius 2 is 1.80 bits per heavy atom. The van der Waals surface area contributed by atoms with Crippen molar-refractivity contribution < 1.29 is 19.6 Å². The van der Waals surface area contributed by atoms with Gasteiger partial charge in [-0.25, -0.2) is 0 Å². The highest BCUT2D eigenvalue weighted by atomic mass is 35.5. The van der Waals surface area contributed by atoms with Crippen molar-refractivity contribution >= 4 is 51.2 Å². The van der Waals surface area contributed by atoms with E-state index in [2.05, 4.69) is 5.32 Å². The van der Waals surface area contributed by atoms with Gasteiger partial charge in [0.1, 0.15) is 5.69 Å². The second-order valence-corrected chi connectivity index (χ2v) is 7.15. The van der Waals surface area contributed by atoms with E-state index >= 15 is 0 Å². The van der Waals surface area contributed by atoms with Crippen LogP contribution in [-0.2, 0) is 0 Å². The number of para-hydroxylation sites is 1. The third kappa shape index (κ3) is 3.16. The fourth-order valence-corrected chi connectivity index (χ4v) is 3.79. The molecule has 1 heterocycles. The van der Waals surface area contributed by atoms with Crippen LogP contribution in [0.3, 0.4) is 0 Å². The monoisotopic (exact) mass is 425 g/mol. The lowest BCUT2D eigenvalue weighted by Crippen LogP contribution is -2.41. The Bertz CT molecular complexity index is 1210. The van der Waals surface area contributed by atoms with Crippen LogP contribution in [0.5, 0.6) is 0 Å². The molecule has 0 unspecified atom stereocenters. The van der Waals surface area contributed by atoms with E-state index < -0.39 is 16.7 Å². The minimum Gasteiger partial charge on any atom is -0.396 e. The van der Waals surface area contributed by atoms with Crippen molar-refractivity contribution in [3.63, 3.8) is 0 Å². The number of amides is 2. The topological polar surface area (TPSA) is 113 Å². The molecule has 0 aliphatic carbocycles. The number of hydrogen-bond acceptors (Lipinski definition) is 6. The maximum atomic E-state index is 13.0. The summed E-state index contributed by atoms with van der Waals surface area (Å²) in [5.74, 6) is -1.12. The molecule has 0 aromatic heterocycles. The van der Waals surface area contributed by atoms with Gasteiger partial charge in [0.2, 0.25) is 0 Å². The van der Waals surface area contributed by atoms with Gasteiger partial charge in [-0.15, -0.1) is 0 Å². The number of hydrogen-bond donors (Lipinski definition) is 2. The number of rotatable bonds is 6. The summed E-state index contributed by atoms with van der Waals surface area (Å²) in [7, 11) is 0. The Labute approximate surface area is 175 Å². The molecule has 0 saturated carbocycles. The van der Waals surface area contributed by atoms with E-state index in [4.69, 9.17) is 16.7 Å². The van der Waals surface area contributed by atoms with Crippen LogP contribution in [0.2, 0.25) is 5.02 Å². The third-order valence-electron chi connectivity index (χ3n) is 4.96. The number of nitrogens with zero attached hydrogens (tertiary/aromatic N) is 2. The highest BCUT2D eigenvalue weighted by molar-refractivity contribution is 6.33. The lowest BCUT2D eigenvalue weighted by atomic mass is 9.92. The first-order chi connectivity index (χ1) is 14.4. The molecule has 4 rings (SSSR count). The number of nitrogens with one attached hydrogen (secondary N) is 1. The van der Waals surface area contributed by atoms with Gasteiger partial charge in [-0.05, 0) is 24.6 Å². The average Bonchev–Trinajstić information content (AvgIpc) is 2.73. The third-order valence-corrected chi connectivity index (χ3v) is 5.29. The van der Waals surface area contributed by atoms with E-state index in [1.165, 1.54) is 6.07 Å². The van der Waals surface area contributed by atoms with Crippen LogP contribution in [0.1, 0.15) is 27.1 Å². The minimum atomic E-state index is -0.621. The fourth-order valence-electron chi connectivity index (χ4n) is 3.60. The summed E-state index contributed by atoms with van der Waals surface area (Å²) in [6.45, 7) is -0.160. The normalized spacial score (nSPS) is 13.1. The van der Waals surface area contributed by atoms with E-state index in [9.17, 15) is 19.7 Å². The molecule has 0 fully saturated rings. The minimum absolute atomic E-state index is 0.0252. The molecule has 8 nitrogen and oxygen atoms in total. The zero-order chi connectivity index (χ0) is 21.4. The Morgan fingerprint density at radius 3 is 2.50 bits per heavy atom. The predicted molar refractivity (Wildman–Crippen MR) is 112 cm³/mol. The quantitative estimate of drug-likeness (QED) is 0.349. The van der Waals surface area contributed by atoms with E-state index in [0.29, 0.717) is 21.5 Å². The summed E-state index contributed by atoms with van der Waals surface area (Å²) in [6, 6.07) is 12.8. The van der Waals surface area contributed by atoms with Crippen molar-refractivity contribution in [1.29, 1.82) is 0 Å². The number of aliphatic hydroxyl groups excluding tert-OH is 1. The zero-order valence-corrected chi connectivity index (χ0v) is 16.3. The summed E-state index contributed by atoms with van der Waals surface area (Å²) in [4.78, 5) is 38.2. The van der Waals surface area contributed by atoms with Crippen LogP contribution in [0, 0.1) is 10.1 Å². The lowest BCUT2D eigenvalue weighted by molar-refractivity contribution is -0.383. The summed E-state index contributed by atoms with van der Waals surface area (Å²) < 4.78 is 0. The van der Waals surface area contributed by atoms with Gasteiger partial charge in [-0.3, -0.25) is 24.6 Å². The van der Waals surface area contributed by atoms with Gasteiger partial charge in [0.25, 0.3) is 17.5 Å². The molecular weight excluding hydrogens is 410 g/mol. The van der Waals surface area contributed by atoms with Crippen LogP contribution in [0.15, 0.2) is 48.5 Å². The largest absolute Gasteiger partial charge is 0.396 e. The smallest absolute Gasteiger partial charge is 0.294 e. The van der Waals surface area contributed by atoms with Gasteiger partial charge in [0, 0.05) is 35.6 Å². The van der Waals surface area contributed by atoms with Crippen molar-refractivity contribution in [3.05, 3.63) is 74.8 Å². The van der Waals surface area contributed by atoms with Crippen LogP contribution in [-0.4, -0.2) is 39.9 Å². The van der Waals surface area contributed by atoms with Crippen LogP contribution in [0.4, 0.5) is 17.1 Å². The van der Waals surface area contributed by atoms with Crippen molar-refractivity contribution in [1.82, 2.24) is 4.90 Å². The number of aliphatic hydroxyl groups is 1. The molecule has 0 bridgehead atoms. The molecule has 1 aliphatic rings. The van der Waals surface area contributed by atoms with Crippen molar-refractivity contribution in [3.8, 4) is 0 Å². The van der Waals surface area contributed by atoms with Crippen molar-refractivity contribution in [2.24, 2.45) is 0 Å². The van der Waals surface area contributed by atoms with E-state index in [1.807, 2.05) is 0 Å². The number of imide groups is 1. The summed E-state index contributed by atoms with van der Waals surface area (Å²) in [5.41, 5.74) is 0.658. The summed E-state index contributed by atoms with van der Waals surface area (Å²) in [6.07, 6.45) is 0.219. The summed E-state index contributed by atoms with van der Waals surface area (Å²) >= 11 is 6.20. The first-order valence-corrected chi connectivity index (χ1v) is 9.54. The first kappa shape index (κ1) is 19.8. The second-order valence-electron chi connectivity index (χ2n) is 6.75. The molecular formula is C21H16ClN3O5. The SMILES string of the molecule is O=C1c2cccc3c(Nc4ccccc4Cl)c([N+](=O)[O-])cc(c23)C(=O)N1CCCO. The Balaban J connectivity index is 1.97. The molecule has 1 aliphatic heterocycles. The second kappa shape index (κ2) is 7.74. The average molecular weight is 426 g/mol. The van der Waals surface area contributed by atoms with E-state index in [1.54, 1.807) is 42.5 Å². The van der Waals surface area contributed by atoms with Crippen molar-refractivity contribution in [2.45, 2.75) is 6.42 Å². The van der Waals surface area contributed by atoms with Crippen LogP contribution < -0.4 is 5.32 Å². The number of carbonyl (C=O) groups is 2. The number of carbonyl (C=O) groups excluding carboxylic acids is 2. The standard InChI is InChI=1S/C21H16ClN3O5/c22-15-7-1-2-8-16(15)23-19-12-5-3-6-13-18(12)14(11-17(19)25(29)30)21(28)24(20(13)27)9-4-10-26/h1-3,5-8,11,23,26H,4,9-10H2. The molecule has 9 heteroatoms. The molecule has 0 saturated heterocycles. The van der Waals surface area contributed by atoms with E-state index in [0.717, 1.165) is 4.90 Å². The fraction of sp³-hybridized carbons (Fsp3) is 0.143. The van der Waals surface area contributed by atoms with Gasteiger partial charge in [-0.1, -0.05) is 35.9 Å². The van der Waals surface area contributed by atoms with E-state index in [-0.39, 0.29) is 42.1 Å². The molecule has 30 heavy (non-hydrogen) atoms. The molecule has 2 N–H and O–H groups in total.